The first kappa shape index (κ1) is 17.3. The number of rotatable bonds is 7. The minimum Gasteiger partial charge on any atom is -0.462 e. The van der Waals surface area contributed by atoms with Gasteiger partial charge in [-0.15, -0.1) is 0 Å². The van der Waals surface area contributed by atoms with E-state index in [0.717, 1.165) is 0 Å². The van der Waals surface area contributed by atoms with E-state index in [1.165, 1.54) is 0 Å². The van der Waals surface area contributed by atoms with Crippen LogP contribution in [-0.2, 0) is 9.47 Å². The molecule has 0 atom stereocenters. The van der Waals surface area contributed by atoms with Crippen molar-refractivity contribution in [2.24, 2.45) is 0 Å². The number of anilines is 2. The standard InChI is InChI=1S/C18H20N2O4/c19-15-9-3-1-7-13(15)17(21)23-11-5-6-12-24-18(22)14-8-2-4-10-16(14)20/h1-4,7-10H,5-6,11-12,19-20H2. The molecule has 6 heteroatoms. The first-order valence-corrected chi connectivity index (χ1v) is 7.63. The number of para-hydroxylation sites is 2. The summed E-state index contributed by atoms with van der Waals surface area (Å²) in [6, 6.07) is 13.5. The first-order valence-electron chi connectivity index (χ1n) is 7.63. The smallest absolute Gasteiger partial charge is 0.340 e. The lowest BCUT2D eigenvalue weighted by Gasteiger charge is -2.08. The number of hydrogen-bond acceptors (Lipinski definition) is 6. The Hall–Kier alpha value is -3.02. The monoisotopic (exact) mass is 328 g/mol. The van der Waals surface area contributed by atoms with Gasteiger partial charge >= 0.3 is 11.9 Å². The molecule has 2 aromatic carbocycles. The van der Waals surface area contributed by atoms with Crippen molar-refractivity contribution < 1.29 is 19.1 Å². The number of hydrogen-bond donors (Lipinski definition) is 2. The molecule has 0 unspecified atom stereocenters. The van der Waals surface area contributed by atoms with E-state index in [9.17, 15) is 9.59 Å². The van der Waals surface area contributed by atoms with Crippen LogP contribution in [0.4, 0.5) is 11.4 Å². The van der Waals surface area contributed by atoms with E-state index in [1.54, 1.807) is 48.5 Å². The van der Waals surface area contributed by atoms with E-state index in [-0.39, 0.29) is 13.2 Å². The molecule has 0 fully saturated rings. The molecule has 0 aliphatic carbocycles. The molecule has 2 aromatic rings. The average Bonchev–Trinajstić information content (AvgIpc) is 2.58. The third-order valence-electron chi connectivity index (χ3n) is 3.37. The lowest BCUT2D eigenvalue weighted by Crippen LogP contribution is -2.11. The predicted molar refractivity (Wildman–Crippen MR) is 91.5 cm³/mol. The van der Waals surface area contributed by atoms with E-state index in [1.807, 2.05) is 0 Å². The van der Waals surface area contributed by atoms with Crippen LogP contribution in [0.5, 0.6) is 0 Å². The lowest BCUT2D eigenvalue weighted by atomic mass is 10.2. The number of esters is 2. The highest BCUT2D eigenvalue weighted by Gasteiger charge is 2.11. The molecule has 2 rings (SSSR count). The molecular weight excluding hydrogens is 308 g/mol. The van der Waals surface area contributed by atoms with Gasteiger partial charge in [-0.2, -0.15) is 0 Å². The summed E-state index contributed by atoms with van der Waals surface area (Å²) in [5.74, 6) is -0.913. The van der Waals surface area contributed by atoms with Crippen LogP contribution in [0.2, 0.25) is 0 Å². The van der Waals surface area contributed by atoms with Crippen molar-refractivity contribution in [1.82, 2.24) is 0 Å². The third-order valence-corrected chi connectivity index (χ3v) is 3.37. The first-order chi connectivity index (χ1) is 11.6. The Balaban J connectivity index is 1.65. The Bertz CT molecular complexity index is 654. The second kappa shape index (κ2) is 8.57. The van der Waals surface area contributed by atoms with Crippen LogP contribution in [0, 0.1) is 0 Å². The second-order valence-electron chi connectivity index (χ2n) is 5.15. The highest BCUT2D eigenvalue weighted by Crippen LogP contribution is 2.13. The normalized spacial score (nSPS) is 10.2. The van der Waals surface area contributed by atoms with E-state index >= 15 is 0 Å². The van der Waals surface area contributed by atoms with E-state index in [0.29, 0.717) is 35.3 Å². The maximum absolute atomic E-state index is 11.8. The highest BCUT2D eigenvalue weighted by molar-refractivity contribution is 5.95. The van der Waals surface area contributed by atoms with Crippen LogP contribution in [0.3, 0.4) is 0 Å². The lowest BCUT2D eigenvalue weighted by molar-refractivity contribution is 0.0433. The molecule has 24 heavy (non-hydrogen) atoms. The second-order valence-corrected chi connectivity index (χ2v) is 5.15. The predicted octanol–water partition coefficient (Wildman–Crippen LogP) is 2.65. The van der Waals surface area contributed by atoms with Crippen molar-refractivity contribution in [3.8, 4) is 0 Å². The van der Waals surface area contributed by atoms with Gasteiger partial charge in [-0.1, -0.05) is 24.3 Å². The quantitative estimate of drug-likeness (QED) is 0.460. The number of carbonyl (C=O) groups excluding carboxylic acids is 2. The van der Waals surface area contributed by atoms with Gasteiger partial charge in [0.05, 0.1) is 24.3 Å². The molecule has 0 spiro atoms. The maximum Gasteiger partial charge on any atom is 0.340 e. The summed E-state index contributed by atoms with van der Waals surface area (Å²) in [7, 11) is 0. The van der Waals surface area contributed by atoms with Crippen LogP contribution in [-0.4, -0.2) is 25.2 Å². The van der Waals surface area contributed by atoms with Crippen LogP contribution in [0.25, 0.3) is 0 Å². The van der Waals surface area contributed by atoms with E-state index in [4.69, 9.17) is 20.9 Å². The van der Waals surface area contributed by atoms with E-state index < -0.39 is 11.9 Å². The summed E-state index contributed by atoms with van der Waals surface area (Å²) < 4.78 is 10.3. The molecule has 0 heterocycles. The van der Waals surface area contributed by atoms with Gasteiger partial charge in [0, 0.05) is 11.4 Å². The van der Waals surface area contributed by atoms with Crippen LogP contribution < -0.4 is 11.5 Å². The zero-order valence-electron chi connectivity index (χ0n) is 13.2. The fraction of sp³-hybridized carbons (Fsp3) is 0.222. The largest absolute Gasteiger partial charge is 0.462 e. The maximum atomic E-state index is 11.8. The zero-order chi connectivity index (χ0) is 17.4. The van der Waals surface area contributed by atoms with Crippen molar-refractivity contribution in [2.45, 2.75) is 12.8 Å². The molecule has 0 aliphatic heterocycles. The molecule has 0 bridgehead atoms. The Morgan fingerprint density at radius 1 is 0.708 bits per heavy atom. The highest BCUT2D eigenvalue weighted by atomic mass is 16.5. The molecule has 6 nitrogen and oxygen atoms in total. The minimum absolute atomic E-state index is 0.234. The van der Waals surface area contributed by atoms with E-state index in [2.05, 4.69) is 0 Å². The van der Waals surface area contributed by atoms with Crippen LogP contribution >= 0.6 is 0 Å². The van der Waals surface area contributed by atoms with Gasteiger partial charge in [0.15, 0.2) is 0 Å². The Morgan fingerprint density at radius 3 is 1.46 bits per heavy atom. The SMILES string of the molecule is Nc1ccccc1C(=O)OCCCCOC(=O)c1ccccc1N. The van der Waals surface area contributed by atoms with Gasteiger partial charge in [-0.3, -0.25) is 0 Å². The fourth-order valence-electron chi connectivity index (χ4n) is 2.06. The molecule has 4 N–H and O–H groups in total. The fourth-order valence-corrected chi connectivity index (χ4v) is 2.06. The number of ether oxygens (including phenoxy) is 2. The average molecular weight is 328 g/mol. The Morgan fingerprint density at radius 2 is 1.08 bits per heavy atom. The molecule has 126 valence electrons. The number of carbonyl (C=O) groups is 2. The number of nitrogens with two attached hydrogens (primary N) is 2. The zero-order valence-corrected chi connectivity index (χ0v) is 13.2. The van der Waals surface area contributed by atoms with Crippen molar-refractivity contribution in [3.05, 3.63) is 59.7 Å². The van der Waals surface area contributed by atoms with Gasteiger partial charge in [-0.05, 0) is 37.1 Å². The summed E-state index contributed by atoms with van der Waals surface area (Å²) >= 11 is 0. The summed E-state index contributed by atoms with van der Waals surface area (Å²) in [5, 5.41) is 0. The van der Waals surface area contributed by atoms with Gasteiger partial charge in [0.2, 0.25) is 0 Å². The van der Waals surface area contributed by atoms with Crippen molar-refractivity contribution in [2.75, 3.05) is 24.7 Å². The molecule has 0 radical (unpaired) electrons. The third kappa shape index (κ3) is 4.74. The van der Waals surface area contributed by atoms with Gasteiger partial charge < -0.3 is 20.9 Å². The van der Waals surface area contributed by atoms with Crippen LogP contribution in [0.1, 0.15) is 33.6 Å². The van der Waals surface area contributed by atoms with Crippen LogP contribution in [0.15, 0.2) is 48.5 Å². The topological polar surface area (TPSA) is 105 Å². The van der Waals surface area contributed by atoms with Crippen molar-refractivity contribution >= 4 is 23.3 Å². The van der Waals surface area contributed by atoms with Gasteiger partial charge in [0.25, 0.3) is 0 Å². The number of unbranched alkanes of at least 4 members (excludes halogenated alkanes) is 1. The minimum atomic E-state index is -0.456. The van der Waals surface area contributed by atoms with Gasteiger partial charge in [0.1, 0.15) is 0 Å². The summed E-state index contributed by atoms with van der Waals surface area (Å²) in [6.45, 7) is 0.469. The van der Waals surface area contributed by atoms with Gasteiger partial charge in [-0.25, -0.2) is 9.59 Å². The molecular formula is C18H20N2O4. The Labute approximate surface area is 140 Å². The molecule has 0 aliphatic rings. The summed E-state index contributed by atoms with van der Waals surface area (Å²) in [5.41, 5.74) is 12.9. The molecule has 0 aromatic heterocycles. The van der Waals surface area contributed by atoms with Crippen molar-refractivity contribution in [1.29, 1.82) is 0 Å². The summed E-state index contributed by atoms with van der Waals surface area (Å²) in [4.78, 5) is 23.7. The number of benzene rings is 2. The Kier molecular flexibility index (Phi) is 6.19. The summed E-state index contributed by atoms with van der Waals surface area (Å²) in [6.07, 6.45) is 1.16. The molecule has 0 saturated heterocycles. The number of nitrogen functional groups attached to an aromatic ring is 2. The molecule has 0 saturated carbocycles. The molecule has 0 amide bonds. The van der Waals surface area contributed by atoms with Crippen molar-refractivity contribution in [3.63, 3.8) is 0 Å².